The Morgan fingerprint density at radius 2 is 1.76 bits per heavy atom. The van der Waals surface area contributed by atoms with E-state index in [0.717, 1.165) is 61.3 Å². The smallest absolute Gasteiger partial charge is 0.339 e. The van der Waals surface area contributed by atoms with Gasteiger partial charge in [-0.3, -0.25) is 0 Å². The van der Waals surface area contributed by atoms with E-state index in [1.54, 1.807) is 30.3 Å². The van der Waals surface area contributed by atoms with Crippen LogP contribution in [0, 0.1) is 11.8 Å². The Morgan fingerprint density at radius 3 is 2.45 bits per heavy atom. The van der Waals surface area contributed by atoms with E-state index < -0.39 is 0 Å². The minimum Gasteiger partial charge on any atom is -0.489 e. The normalized spacial score (nSPS) is 14.4. The lowest BCUT2D eigenvalue weighted by Crippen LogP contribution is -2.21. The highest BCUT2D eigenvalue weighted by atomic mass is 35.5. The highest BCUT2D eigenvalue weighted by Gasteiger charge is 2.33. The van der Waals surface area contributed by atoms with Gasteiger partial charge in [0.25, 0.3) is 0 Å². The summed E-state index contributed by atoms with van der Waals surface area (Å²) in [5.41, 5.74) is 4.89. The van der Waals surface area contributed by atoms with Crippen LogP contribution in [0.3, 0.4) is 0 Å². The minimum absolute atomic E-state index is 0.222. The lowest BCUT2D eigenvalue weighted by Gasteiger charge is -2.20. The molecule has 9 heteroatoms. The number of nitrogens with zero attached hydrogens (tertiary/aromatic N) is 2. The number of benzene rings is 3. The summed E-state index contributed by atoms with van der Waals surface area (Å²) in [5.74, 6) is 7.70. The van der Waals surface area contributed by atoms with Gasteiger partial charge in [0, 0.05) is 41.8 Å². The second kappa shape index (κ2) is 12.3. The Bertz CT molecular complexity index is 1690. The summed E-state index contributed by atoms with van der Waals surface area (Å²) in [5, 5.41) is 5.78. The van der Waals surface area contributed by atoms with Crippen molar-refractivity contribution < 1.29 is 18.8 Å². The van der Waals surface area contributed by atoms with Crippen LogP contribution in [-0.4, -0.2) is 31.3 Å². The zero-order chi connectivity index (χ0) is 29.2. The molecule has 4 aromatic rings. The van der Waals surface area contributed by atoms with E-state index in [0.29, 0.717) is 49.1 Å². The molecule has 3 aromatic carbocycles. The largest absolute Gasteiger partial charge is 0.489 e. The van der Waals surface area contributed by atoms with E-state index in [1.807, 2.05) is 24.3 Å². The first-order valence-corrected chi connectivity index (χ1v) is 14.9. The molecule has 6 rings (SSSR count). The number of carbonyl (C=O) groups is 1. The lowest BCUT2D eigenvalue weighted by atomic mass is 10.0. The van der Waals surface area contributed by atoms with Crippen molar-refractivity contribution in [3.05, 3.63) is 97.7 Å². The van der Waals surface area contributed by atoms with Crippen molar-refractivity contribution in [3.63, 3.8) is 0 Å². The molecule has 0 spiro atoms. The van der Waals surface area contributed by atoms with E-state index in [-0.39, 0.29) is 12.6 Å². The number of hydrogen-bond donors (Lipinski definition) is 0. The fraction of sp³-hybridized carbons (Fsp3) is 0.273. The molecule has 0 N–H and O–H groups in total. The molecule has 214 valence electrons. The molecule has 42 heavy (non-hydrogen) atoms. The molecule has 1 aliphatic heterocycles. The van der Waals surface area contributed by atoms with Gasteiger partial charge in [0.1, 0.15) is 23.8 Å². The number of anilines is 1. The highest BCUT2D eigenvalue weighted by molar-refractivity contribution is 6.39. The Morgan fingerprint density at radius 1 is 1.00 bits per heavy atom. The minimum atomic E-state index is -0.354. The molecule has 1 aliphatic carbocycles. The van der Waals surface area contributed by atoms with Crippen molar-refractivity contribution >= 4 is 46.5 Å². The van der Waals surface area contributed by atoms with Gasteiger partial charge in [0.2, 0.25) is 0 Å². The zero-order valence-corrected chi connectivity index (χ0v) is 25.2. The van der Waals surface area contributed by atoms with Crippen molar-refractivity contribution in [1.29, 1.82) is 0 Å². The fourth-order valence-electron chi connectivity index (χ4n) is 5.14. The third-order valence-electron chi connectivity index (χ3n) is 7.48. The molecule has 2 aliphatic rings. The van der Waals surface area contributed by atoms with E-state index in [1.165, 1.54) is 7.11 Å². The van der Waals surface area contributed by atoms with Gasteiger partial charge >= 0.3 is 5.97 Å². The van der Waals surface area contributed by atoms with Crippen molar-refractivity contribution in [1.82, 2.24) is 5.16 Å². The van der Waals surface area contributed by atoms with Crippen molar-refractivity contribution in [2.45, 2.75) is 38.2 Å². The number of esters is 1. The summed E-state index contributed by atoms with van der Waals surface area (Å²) in [7, 11) is 1.39. The number of rotatable bonds is 7. The first-order valence-electron chi connectivity index (χ1n) is 13.8. The standard InChI is InChI=1S/C33H27Cl3N2O4/c1-40-33(39)24-14-8-20(17-29(24)38-15-2-3-16-38)7-9-21-12-13-23(18-28(21)36)41-19-25-31(37-42-32(25)22-10-11-22)30-26(34)5-4-6-27(30)35/h4-6,8,12-14,17-18,22H,2-3,10-11,15-16,19H2,1H3. The fourth-order valence-corrected chi connectivity index (χ4v) is 5.94. The number of aromatic nitrogens is 1. The van der Waals surface area contributed by atoms with Gasteiger partial charge in [0.05, 0.1) is 39.0 Å². The molecule has 2 fully saturated rings. The molecule has 0 bridgehead atoms. The van der Waals surface area contributed by atoms with Gasteiger partial charge < -0.3 is 18.9 Å². The zero-order valence-electron chi connectivity index (χ0n) is 22.9. The predicted molar refractivity (Wildman–Crippen MR) is 165 cm³/mol. The molecule has 0 unspecified atom stereocenters. The third-order valence-corrected chi connectivity index (χ3v) is 8.42. The SMILES string of the molecule is COC(=O)c1ccc(C#Cc2ccc(OCc3c(-c4c(Cl)cccc4Cl)noc3C3CC3)cc2Cl)cc1N1CCCC1. The Kier molecular flexibility index (Phi) is 8.35. The van der Waals surface area contributed by atoms with Gasteiger partial charge in [0.15, 0.2) is 0 Å². The van der Waals surface area contributed by atoms with Crippen LogP contribution < -0.4 is 9.64 Å². The van der Waals surface area contributed by atoms with Crippen molar-refractivity contribution in [2.75, 3.05) is 25.1 Å². The average Bonchev–Trinajstić information content (AvgIpc) is 3.51. The van der Waals surface area contributed by atoms with Crippen LogP contribution in [0.2, 0.25) is 15.1 Å². The van der Waals surface area contributed by atoms with Crippen LogP contribution in [-0.2, 0) is 11.3 Å². The third kappa shape index (κ3) is 5.96. The molecule has 6 nitrogen and oxygen atoms in total. The summed E-state index contributed by atoms with van der Waals surface area (Å²) in [6.07, 6.45) is 4.27. The van der Waals surface area contributed by atoms with Crippen LogP contribution >= 0.6 is 34.8 Å². The van der Waals surface area contributed by atoms with E-state index in [9.17, 15) is 4.79 Å². The van der Waals surface area contributed by atoms with Crippen LogP contribution in [0.1, 0.15) is 64.4 Å². The molecule has 1 aromatic heterocycles. The molecular formula is C33H27Cl3N2O4. The highest BCUT2D eigenvalue weighted by Crippen LogP contribution is 2.46. The molecule has 1 saturated carbocycles. The van der Waals surface area contributed by atoms with Gasteiger partial charge in [-0.05, 0) is 68.1 Å². The van der Waals surface area contributed by atoms with Gasteiger partial charge in [-0.2, -0.15) is 0 Å². The van der Waals surface area contributed by atoms with Crippen LogP contribution in [0.25, 0.3) is 11.3 Å². The van der Waals surface area contributed by atoms with Crippen LogP contribution in [0.5, 0.6) is 5.75 Å². The summed E-state index contributed by atoms with van der Waals surface area (Å²) in [6, 6.07) is 16.3. The van der Waals surface area contributed by atoms with Gasteiger partial charge in [-0.1, -0.05) is 57.9 Å². The molecule has 0 atom stereocenters. The summed E-state index contributed by atoms with van der Waals surface area (Å²) >= 11 is 19.6. The number of ether oxygens (including phenoxy) is 2. The van der Waals surface area contributed by atoms with E-state index in [4.69, 9.17) is 48.8 Å². The maximum absolute atomic E-state index is 12.3. The van der Waals surface area contributed by atoms with Crippen molar-refractivity contribution in [2.24, 2.45) is 0 Å². The summed E-state index contributed by atoms with van der Waals surface area (Å²) < 4.78 is 16.9. The lowest BCUT2D eigenvalue weighted by molar-refractivity contribution is 0.0601. The second-order valence-electron chi connectivity index (χ2n) is 10.3. The maximum atomic E-state index is 12.3. The van der Waals surface area contributed by atoms with Crippen LogP contribution in [0.4, 0.5) is 5.69 Å². The molecule has 2 heterocycles. The topological polar surface area (TPSA) is 64.8 Å². The van der Waals surface area contributed by atoms with E-state index in [2.05, 4.69) is 21.9 Å². The molecule has 0 radical (unpaired) electrons. The Labute approximate surface area is 259 Å². The number of halogens is 3. The molecule has 0 amide bonds. The Balaban J connectivity index is 1.22. The van der Waals surface area contributed by atoms with Crippen molar-refractivity contribution in [3.8, 4) is 28.8 Å². The van der Waals surface area contributed by atoms with Gasteiger partial charge in [-0.15, -0.1) is 0 Å². The van der Waals surface area contributed by atoms with Gasteiger partial charge in [-0.25, -0.2) is 4.79 Å². The summed E-state index contributed by atoms with van der Waals surface area (Å²) in [6.45, 7) is 2.02. The second-order valence-corrected chi connectivity index (χ2v) is 11.6. The average molecular weight is 622 g/mol. The van der Waals surface area contributed by atoms with Crippen LogP contribution in [0.15, 0.2) is 59.1 Å². The number of methoxy groups -OCH3 is 1. The monoisotopic (exact) mass is 620 g/mol. The number of carbonyl (C=O) groups excluding carboxylic acids is 1. The maximum Gasteiger partial charge on any atom is 0.339 e. The summed E-state index contributed by atoms with van der Waals surface area (Å²) in [4.78, 5) is 14.5. The number of hydrogen-bond acceptors (Lipinski definition) is 6. The first kappa shape index (κ1) is 28.5. The predicted octanol–water partition coefficient (Wildman–Crippen LogP) is 8.54. The first-order chi connectivity index (χ1) is 20.4. The molecular weight excluding hydrogens is 595 g/mol. The quantitative estimate of drug-likeness (QED) is 0.152. The Hall–Kier alpha value is -3.63. The molecule has 1 saturated heterocycles. The van der Waals surface area contributed by atoms with E-state index >= 15 is 0 Å².